The number of cyclic esters (lactones) is 1. The number of esters is 1. The summed E-state index contributed by atoms with van der Waals surface area (Å²) in [6, 6.07) is 16.1. The summed E-state index contributed by atoms with van der Waals surface area (Å²) in [5.74, 6) is 0.471. The molecule has 0 aliphatic carbocycles. The summed E-state index contributed by atoms with van der Waals surface area (Å²) in [4.78, 5) is 65.3. The third kappa shape index (κ3) is 10.7. The Balaban J connectivity index is 0.00000700. The van der Waals surface area contributed by atoms with Crippen molar-refractivity contribution in [3.63, 3.8) is 0 Å². The SMILES string of the molecule is [C-]#CCN1CCC(C(=O)N(C)C(C(=O)NC2Cc3cccc(c3)-c3ccc4c(c3)c(c(-c3cccnc3C(C)OC)n4CC)CC(C)(C)COC(=O)C3CCCN(N3)C2=O)C(C)C)C1.[Re]. The summed E-state index contributed by atoms with van der Waals surface area (Å²) < 4.78 is 14.3. The normalized spacial score (nSPS) is 21.2. The van der Waals surface area contributed by atoms with Crippen molar-refractivity contribution in [2.75, 3.05) is 46.9 Å². The van der Waals surface area contributed by atoms with Gasteiger partial charge in [-0.2, -0.15) is 0 Å². The molecule has 65 heavy (non-hydrogen) atoms. The molecule has 6 bridgehead atoms. The number of amides is 3. The van der Waals surface area contributed by atoms with Crippen LogP contribution in [-0.4, -0.2) is 113 Å². The number of aromatic nitrogens is 2. The second-order valence-corrected chi connectivity index (χ2v) is 18.9. The number of pyridine rings is 1. The Morgan fingerprint density at radius 1 is 1.08 bits per heavy atom. The quantitative estimate of drug-likeness (QED) is 0.109. The average molecular weight is 1060 g/mol. The molecule has 4 aromatic rings. The van der Waals surface area contributed by atoms with Gasteiger partial charge in [0, 0.05) is 95.3 Å². The van der Waals surface area contributed by atoms with E-state index >= 15 is 0 Å². The van der Waals surface area contributed by atoms with Crippen LogP contribution in [0, 0.1) is 29.6 Å². The standard InChI is InChI=1S/C51H64N7O6.Re/c1-10-23-56-25-21-37(30-56)48(60)55(8)45(32(3)4)47(59)53-42-27-34-15-12-16-35(26-34)36-19-20-43-39(28-36)40(46(57(43)11-2)38-17-13-22-52-44(38)33(5)63-9)29-51(6,7)31-64-50(62)41-18-14-24-58(54-41)49(42)61;/h12-13,15-17,19-20,22,26,28,32-33,37,41-42,45,54H,11,14,18,21,23-25,27,29-31H2,2-9H3,(H,53,59);/q-1;. The van der Waals surface area contributed by atoms with Crippen molar-refractivity contribution in [2.24, 2.45) is 17.3 Å². The molecule has 5 unspecified atom stereocenters. The molecule has 5 atom stereocenters. The minimum absolute atomic E-state index is 0. The largest absolute Gasteiger partial charge is 0.692 e. The molecule has 2 N–H and O–H groups in total. The maximum Gasteiger partial charge on any atom is 0.324 e. The number of nitrogens with one attached hydrogen (secondary N) is 2. The minimum Gasteiger partial charge on any atom is -0.692 e. The number of aryl methyl sites for hydroxylation is 1. The van der Waals surface area contributed by atoms with Crippen LogP contribution < -0.4 is 10.7 Å². The average Bonchev–Trinajstić information content (AvgIpc) is 3.88. The third-order valence-electron chi connectivity index (χ3n) is 13.2. The van der Waals surface area contributed by atoms with Crippen molar-refractivity contribution < 1.29 is 49.1 Å². The van der Waals surface area contributed by atoms with E-state index in [2.05, 4.69) is 78.4 Å². The van der Waals surface area contributed by atoms with Gasteiger partial charge in [-0.05, 0) is 98.5 Å². The van der Waals surface area contributed by atoms with E-state index in [1.807, 2.05) is 43.9 Å². The van der Waals surface area contributed by atoms with Crippen LogP contribution in [0.5, 0.6) is 0 Å². The van der Waals surface area contributed by atoms with Crippen LogP contribution in [0.15, 0.2) is 60.8 Å². The Labute approximate surface area is 398 Å². The Hall–Kier alpha value is -4.89. The fourth-order valence-corrected chi connectivity index (χ4v) is 9.88. The van der Waals surface area contributed by atoms with Gasteiger partial charge in [0.15, 0.2) is 0 Å². The number of rotatable bonds is 10. The fraction of sp³-hybridized carbons (Fsp3) is 0.510. The predicted octanol–water partition coefficient (Wildman–Crippen LogP) is 6.14. The zero-order valence-corrected chi connectivity index (χ0v) is 41.8. The van der Waals surface area contributed by atoms with Crippen LogP contribution in [0.3, 0.4) is 0 Å². The van der Waals surface area contributed by atoms with Crippen LogP contribution in [0.2, 0.25) is 0 Å². The Kier molecular flexibility index (Phi) is 16.1. The van der Waals surface area contributed by atoms with Crippen molar-refractivity contribution in [3.05, 3.63) is 84.0 Å². The van der Waals surface area contributed by atoms with Crippen LogP contribution in [0.4, 0.5) is 0 Å². The van der Waals surface area contributed by atoms with Gasteiger partial charge < -0.3 is 36.6 Å². The first kappa shape index (κ1) is 49.5. The van der Waals surface area contributed by atoms with Gasteiger partial charge in [0.05, 0.1) is 30.0 Å². The van der Waals surface area contributed by atoms with E-state index in [0.29, 0.717) is 58.4 Å². The third-order valence-corrected chi connectivity index (χ3v) is 13.2. The van der Waals surface area contributed by atoms with E-state index in [9.17, 15) is 19.2 Å². The summed E-state index contributed by atoms with van der Waals surface area (Å²) in [7, 11) is 3.35. The summed E-state index contributed by atoms with van der Waals surface area (Å²) in [5, 5.41) is 5.63. The van der Waals surface area contributed by atoms with Crippen molar-refractivity contribution in [3.8, 4) is 28.3 Å². The molecule has 2 aromatic heterocycles. The number of carbonyl (C=O) groups excluding carboxylic acids is 4. The van der Waals surface area contributed by atoms with Crippen molar-refractivity contribution >= 4 is 34.6 Å². The molecule has 5 heterocycles. The molecule has 347 valence electrons. The first-order valence-electron chi connectivity index (χ1n) is 22.8. The number of likely N-dealkylation sites (tertiary alicyclic amines) is 1. The predicted molar refractivity (Wildman–Crippen MR) is 247 cm³/mol. The van der Waals surface area contributed by atoms with Crippen LogP contribution in [0.25, 0.3) is 33.3 Å². The molecule has 14 heteroatoms. The molecule has 2 saturated heterocycles. The van der Waals surface area contributed by atoms with Gasteiger partial charge in [0.25, 0.3) is 5.91 Å². The molecule has 3 aliphatic rings. The number of nitrogens with zero attached hydrogens (tertiary/aromatic N) is 5. The monoisotopic (exact) mass is 1060 g/mol. The van der Waals surface area contributed by atoms with E-state index in [4.69, 9.17) is 20.9 Å². The van der Waals surface area contributed by atoms with Crippen molar-refractivity contribution in [1.29, 1.82) is 0 Å². The number of methoxy groups -OCH3 is 1. The second-order valence-electron chi connectivity index (χ2n) is 18.9. The molecule has 2 fully saturated rings. The molecule has 1 radical (unpaired) electrons. The van der Waals surface area contributed by atoms with Gasteiger partial charge in [0.1, 0.15) is 18.1 Å². The Morgan fingerprint density at radius 3 is 2.57 bits per heavy atom. The summed E-state index contributed by atoms with van der Waals surface area (Å²) >= 11 is 0. The number of hydrogen-bond donors (Lipinski definition) is 2. The van der Waals surface area contributed by atoms with Crippen LogP contribution in [0.1, 0.15) is 83.7 Å². The molecule has 2 aromatic carbocycles. The van der Waals surface area contributed by atoms with E-state index in [-0.39, 0.29) is 63.2 Å². The number of hydrazine groups is 1. The number of ether oxygens (including phenoxy) is 2. The molecule has 0 spiro atoms. The minimum atomic E-state index is -1.02. The fourth-order valence-electron chi connectivity index (χ4n) is 9.88. The first-order valence-corrected chi connectivity index (χ1v) is 22.8. The van der Waals surface area contributed by atoms with Gasteiger partial charge in [-0.25, -0.2) is 5.43 Å². The van der Waals surface area contributed by atoms with Gasteiger partial charge >= 0.3 is 5.97 Å². The van der Waals surface area contributed by atoms with Crippen LogP contribution >= 0.6 is 0 Å². The molecule has 3 amide bonds. The molecular formula is C51H64N7O6Re-. The summed E-state index contributed by atoms with van der Waals surface area (Å²) in [6.07, 6.45) is 11.4. The second kappa shape index (κ2) is 21.2. The summed E-state index contributed by atoms with van der Waals surface area (Å²) in [6.45, 7) is 14.9. The summed E-state index contributed by atoms with van der Waals surface area (Å²) in [5.41, 5.74) is 10.6. The number of benzene rings is 2. The number of carbonyl (C=O) groups is 4. The molecule has 7 rings (SSSR count). The smallest absolute Gasteiger partial charge is 0.324 e. The van der Waals surface area contributed by atoms with Gasteiger partial charge in [-0.15, -0.1) is 0 Å². The van der Waals surface area contributed by atoms with Crippen molar-refractivity contribution in [2.45, 2.75) is 104 Å². The van der Waals surface area contributed by atoms with E-state index in [0.717, 1.165) is 50.1 Å². The number of hydrogen-bond acceptors (Lipinski definition) is 9. The van der Waals surface area contributed by atoms with Crippen molar-refractivity contribution in [1.82, 2.24) is 35.1 Å². The van der Waals surface area contributed by atoms with Gasteiger partial charge in [-0.1, -0.05) is 58.0 Å². The van der Waals surface area contributed by atoms with E-state index in [1.165, 1.54) is 9.91 Å². The van der Waals surface area contributed by atoms with E-state index in [1.54, 1.807) is 20.4 Å². The maximum atomic E-state index is 14.7. The number of fused-ring (bicyclic) bond motifs is 6. The molecule has 3 aliphatic heterocycles. The topological polar surface area (TPSA) is 138 Å². The van der Waals surface area contributed by atoms with Gasteiger partial charge in [-0.3, -0.25) is 34.1 Å². The van der Waals surface area contributed by atoms with E-state index < -0.39 is 35.4 Å². The molecule has 13 nitrogen and oxygen atoms in total. The van der Waals surface area contributed by atoms with Gasteiger partial charge in [0.2, 0.25) is 11.8 Å². The zero-order valence-electron chi connectivity index (χ0n) is 39.1. The first-order chi connectivity index (χ1) is 30.6. The maximum absolute atomic E-state index is 14.7. The zero-order chi connectivity index (χ0) is 45.9. The van der Waals surface area contributed by atoms with Crippen LogP contribution in [-0.2, 0) is 68.5 Å². The Morgan fingerprint density at radius 2 is 1.85 bits per heavy atom. The molecular weight excluding hydrogens is 993 g/mol. The Bertz CT molecular complexity index is 2420. The number of likely N-dealkylation sites (N-methyl/N-ethyl adjacent to an activating group) is 1. The molecule has 0 saturated carbocycles.